The number of rotatable bonds is 7. The Hall–Kier alpha value is -1.50. The number of aliphatic imine (C=N–C) groups is 1. The van der Waals surface area contributed by atoms with Crippen LogP contribution in [-0.4, -0.2) is 88.9 Å². The summed E-state index contributed by atoms with van der Waals surface area (Å²) < 4.78 is 5.29. The van der Waals surface area contributed by atoms with Crippen molar-refractivity contribution >= 4 is 23.2 Å². The fourth-order valence-corrected chi connectivity index (χ4v) is 4.32. The standard InChI is InChI=1S/C21H34ClN5O/c1-23-21(27-10-7-18(16-27)17-28-2)24-8-4-9-25-11-13-26(14-12-25)20-6-3-5-19(22)15-20/h3,5-6,15,18H,4,7-14,16-17H2,1-2H3,(H,23,24). The van der Waals surface area contributed by atoms with Crippen molar-refractivity contribution in [1.82, 2.24) is 15.1 Å². The van der Waals surface area contributed by atoms with Crippen LogP contribution >= 0.6 is 11.6 Å². The largest absolute Gasteiger partial charge is 0.384 e. The Morgan fingerprint density at radius 1 is 1.25 bits per heavy atom. The van der Waals surface area contributed by atoms with E-state index in [0.717, 1.165) is 76.4 Å². The summed E-state index contributed by atoms with van der Waals surface area (Å²) >= 11 is 6.12. The predicted molar refractivity (Wildman–Crippen MR) is 118 cm³/mol. The number of benzene rings is 1. The van der Waals surface area contributed by atoms with Crippen LogP contribution < -0.4 is 10.2 Å². The van der Waals surface area contributed by atoms with E-state index in [9.17, 15) is 0 Å². The molecule has 1 aromatic rings. The van der Waals surface area contributed by atoms with Gasteiger partial charge in [0.1, 0.15) is 0 Å². The molecule has 0 spiro atoms. The number of guanidine groups is 1. The van der Waals surface area contributed by atoms with Crippen molar-refractivity contribution in [3.05, 3.63) is 29.3 Å². The fourth-order valence-electron chi connectivity index (χ4n) is 4.13. The van der Waals surface area contributed by atoms with Crippen molar-refractivity contribution in [1.29, 1.82) is 0 Å². The maximum absolute atomic E-state index is 6.12. The van der Waals surface area contributed by atoms with E-state index in [2.05, 4.69) is 37.1 Å². The summed E-state index contributed by atoms with van der Waals surface area (Å²) in [5.41, 5.74) is 1.23. The van der Waals surface area contributed by atoms with Gasteiger partial charge in [0.05, 0.1) is 6.61 Å². The van der Waals surface area contributed by atoms with Gasteiger partial charge in [-0.15, -0.1) is 0 Å². The number of ether oxygens (including phenoxy) is 1. The van der Waals surface area contributed by atoms with E-state index in [4.69, 9.17) is 16.3 Å². The van der Waals surface area contributed by atoms with Gasteiger partial charge in [-0.2, -0.15) is 0 Å². The minimum atomic E-state index is 0.624. The first-order chi connectivity index (χ1) is 13.7. The van der Waals surface area contributed by atoms with Crippen LogP contribution in [0.3, 0.4) is 0 Å². The van der Waals surface area contributed by atoms with Crippen molar-refractivity contribution in [3.8, 4) is 0 Å². The van der Waals surface area contributed by atoms with Gasteiger partial charge >= 0.3 is 0 Å². The summed E-state index contributed by atoms with van der Waals surface area (Å²) in [5, 5.41) is 4.35. The summed E-state index contributed by atoms with van der Waals surface area (Å²) in [6.07, 6.45) is 2.32. The van der Waals surface area contributed by atoms with Gasteiger partial charge in [0.15, 0.2) is 5.96 Å². The molecule has 28 heavy (non-hydrogen) atoms. The van der Waals surface area contributed by atoms with E-state index in [1.54, 1.807) is 7.11 Å². The van der Waals surface area contributed by atoms with Crippen LogP contribution in [0.1, 0.15) is 12.8 Å². The molecule has 6 nitrogen and oxygen atoms in total. The van der Waals surface area contributed by atoms with Crippen LogP contribution in [0.5, 0.6) is 0 Å². The van der Waals surface area contributed by atoms with Crippen LogP contribution in [0.2, 0.25) is 5.02 Å². The summed E-state index contributed by atoms with van der Waals surface area (Å²) in [7, 11) is 3.66. The molecule has 3 rings (SSSR count). The molecule has 1 unspecified atom stereocenters. The molecule has 1 N–H and O–H groups in total. The molecular weight excluding hydrogens is 374 g/mol. The number of anilines is 1. The topological polar surface area (TPSA) is 43.3 Å². The highest BCUT2D eigenvalue weighted by Crippen LogP contribution is 2.21. The maximum Gasteiger partial charge on any atom is 0.193 e. The van der Waals surface area contributed by atoms with Gasteiger partial charge in [0, 0.05) is 76.6 Å². The summed E-state index contributed by atoms with van der Waals surface area (Å²) in [6, 6.07) is 8.16. The molecule has 0 bridgehead atoms. The molecule has 7 heteroatoms. The Kier molecular flexibility index (Phi) is 8.25. The van der Waals surface area contributed by atoms with E-state index in [0.29, 0.717) is 5.92 Å². The minimum Gasteiger partial charge on any atom is -0.384 e. The molecule has 0 amide bonds. The van der Waals surface area contributed by atoms with Gasteiger partial charge in [-0.05, 0) is 37.6 Å². The first-order valence-electron chi connectivity index (χ1n) is 10.4. The summed E-state index contributed by atoms with van der Waals surface area (Å²) in [4.78, 5) is 11.8. The SMILES string of the molecule is CN=C(NCCCN1CCN(c2cccc(Cl)c2)CC1)N1CCC(COC)C1. The third-order valence-corrected chi connectivity index (χ3v) is 5.91. The van der Waals surface area contributed by atoms with Gasteiger partial charge in [0.25, 0.3) is 0 Å². The molecule has 2 heterocycles. The van der Waals surface area contributed by atoms with Gasteiger partial charge in [-0.3, -0.25) is 9.89 Å². The molecule has 156 valence electrons. The zero-order valence-corrected chi connectivity index (χ0v) is 18.0. The lowest BCUT2D eigenvalue weighted by molar-refractivity contribution is 0.157. The third kappa shape index (κ3) is 6.00. The fraction of sp³-hybridized carbons (Fsp3) is 0.667. The van der Waals surface area contributed by atoms with E-state index < -0.39 is 0 Å². The molecule has 0 aliphatic carbocycles. The Morgan fingerprint density at radius 3 is 2.79 bits per heavy atom. The van der Waals surface area contributed by atoms with Gasteiger partial charge in [-0.25, -0.2) is 0 Å². The van der Waals surface area contributed by atoms with E-state index >= 15 is 0 Å². The average Bonchev–Trinajstić information content (AvgIpc) is 3.17. The number of piperazine rings is 1. The Balaban J connectivity index is 1.32. The zero-order chi connectivity index (χ0) is 19.8. The van der Waals surface area contributed by atoms with Crippen molar-refractivity contribution in [2.24, 2.45) is 10.9 Å². The van der Waals surface area contributed by atoms with Crippen LogP contribution in [0.4, 0.5) is 5.69 Å². The second-order valence-corrected chi connectivity index (χ2v) is 8.13. The molecule has 2 aliphatic rings. The predicted octanol–water partition coefficient (Wildman–Crippen LogP) is 2.40. The number of nitrogens with one attached hydrogen (secondary N) is 1. The maximum atomic E-state index is 6.12. The lowest BCUT2D eigenvalue weighted by atomic mass is 10.1. The van der Waals surface area contributed by atoms with Crippen LogP contribution in [0.25, 0.3) is 0 Å². The molecule has 2 fully saturated rings. The normalized spacial score (nSPS) is 21.4. The third-order valence-electron chi connectivity index (χ3n) is 5.68. The van der Waals surface area contributed by atoms with Crippen LogP contribution in [0.15, 0.2) is 29.3 Å². The molecule has 0 aromatic heterocycles. The minimum absolute atomic E-state index is 0.624. The van der Waals surface area contributed by atoms with Crippen molar-refractivity contribution < 1.29 is 4.74 Å². The Labute approximate surface area is 174 Å². The summed E-state index contributed by atoms with van der Waals surface area (Å²) in [5.74, 6) is 1.66. The second-order valence-electron chi connectivity index (χ2n) is 7.69. The first-order valence-corrected chi connectivity index (χ1v) is 10.7. The van der Waals surface area contributed by atoms with Crippen molar-refractivity contribution in [2.45, 2.75) is 12.8 Å². The second kappa shape index (κ2) is 10.9. The quantitative estimate of drug-likeness (QED) is 0.427. The highest BCUT2D eigenvalue weighted by molar-refractivity contribution is 6.30. The summed E-state index contributed by atoms with van der Waals surface area (Å²) in [6.45, 7) is 9.37. The Bertz CT molecular complexity index is 633. The van der Waals surface area contributed by atoms with Gasteiger partial charge < -0.3 is 19.9 Å². The van der Waals surface area contributed by atoms with E-state index in [1.165, 1.54) is 12.1 Å². The Morgan fingerprint density at radius 2 is 2.07 bits per heavy atom. The van der Waals surface area contributed by atoms with Gasteiger partial charge in [-0.1, -0.05) is 17.7 Å². The molecular formula is C21H34ClN5O. The van der Waals surface area contributed by atoms with Crippen molar-refractivity contribution in [2.75, 3.05) is 78.0 Å². The van der Waals surface area contributed by atoms with Crippen molar-refractivity contribution in [3.63, 3.8) is 0 Å². The molecule has 0 saturated carbocycles. The highest BCUT2D eigenvalue weighted by Gasteiger charge is 2.24. The van der Waals surface area contributed by atoms with Crippen LogP contribution in [0, 0.1) is 5.92 Å². The number of nitrogens with zero attached hydrogens (tertiary/aromatic N) is 4. The molecule has 1 aromatic carbocycles. The van der Waals surface area contributed by atoms with E-state index in [1.807, 2.05) is 19.2 Å². The lowest BCUT2D eigenvalue weighted by Gasteiger charge is -2.36. The molecule has 1 atom stereocenters. The number of hydrogen-bond acceptors (Lipinski definition) is 4. The first kappa shape index (κ1) is 21.2. The number of hydrogen-bond donors (Lipinski definition) is 1. The number of methoxy groups -OCH3 is 1. The smallest absolute Gasteiger partial charge is 0.193 e. The monoisotopic (exact) mass is 407 g/mol. The molecule has 2 aliphatic heterocycles. The lowest BCUT2D eigenvalue weighted by Crippen LogP contribution is -2.47. The van der Waals surface area contributed by atoms with Gasteiger partial charge in [0.2, 0.25) is 0 Å². The number of likely N-dealkylation sites (tertiary alicyclic amines) is 1. The molecule has 2 saturated heterocycles. The molecule has 0 radical (unpaired) electrons. The van der Waals surface area contributed by atoms with E-state index in [-0.39, 0.29) is 0 Å². The zero-order valence-electron chi connectivity index (χ0n) is 17.2. The van der Waals surface area contributed by atoms with Crippen LogP contribution in [-0.2, 0) is 4.74 Å². The average molecular weight is 408 g/mol. The number of halogens is 1. The highest BCUT2D eigenvalue weighted by atomic mass is 35.5.